The molecule has 1 aliphatic heterocycles. The summed E-state index contributed by atoms with van der Waals surface area (Å²) >= 11 is 2.06. The maximum Gasteiger partial charge on any atom is 0.0772 e. The number of hydrogen-bond donors (Lipinski definition) is 1. The number of nitrogens with zero attached hydrogens (tertiary/aromatic N) is 2. The first-order chi connectivity index (χ1) is 8.12. The Labute approximate surface area is 108 Å². The first-order valence-electron chi connectivity index (χ1n) is 6.15. The summed E-state index contributed by atoms with van der Waals surface area (Å²) in [7, 11) is 0. The van der Waals surface area contributed by atoms with Crippen LogP contribution in [0, 0.1) is 0 Å². The van der Waals surface area contributed by atoms with Crippen LogP contribution in [0.5, 0.6) is 0 Å². The summed E-state index contributed by atoms with van der Waals surface area (Å²) in [6.07, 6.45) is 3.03. The van der Waals surface area contributed by atoms with Crippen LogP contribution in [-0.4, -0.2) is 28.6 Å². The van der Waals surface area contributed by atoms with Crippen LogP contribution in [-0.2, 0) is 6.54 Å². The molecule has 1 saturated heterocycles. The molecular weight excluding hydrogens is 230 g/mol. The summed E-state index contributed by atoms with van der Waals surface area (Å²) in [5.41, 5.74) is 7.98. The topological polar surface area (TPSA) is 42.2 Å². The Morgan fingerprint density at radius 1 is 1.47 bits per heavy atom. The molecule has 0 spiro atoms. The van der Waals surface area contributed by atoms with Crippen LogP contribution < -0.4 is 10.6 Å². The molecule has 1 aromatic rings. The van der Waals surface area contributed by atoms with E-state index < -0.39 is 0 Å². The third-order valence-corrected chi connectivity index (χ3v) is 4.61. The number of hydrogen-bond acceptors (Lipinski definition) is 4. The highest BCUT2D eigenvalue weighted by atomic mass is 32.2. The van der Waals surface area contributed by atoms with Gasteiger partial charge in [-0.15, -0.1) is 0 Å². The second kappa shape index (κ2) is 5.27. The quantitative estimate of drug-likeness (QED) is 0.875. The van der Waals surface area contributed by atoms with Crippen molar-refractivity contribution in [1.29, 1.82) is 0 Å². The Balaban J connectivity index is 2.17. The number of aromatic nitrogens is 1. The summed E-state index contributed by atoms with van der Waals surface area (Å²) in [4.78, 5) is 6.79. The minimum atomic E-state index is 0.389. The Bertz CT molecular complexity index is 379. The zero-order chi connectivity index (χ0) is 12.3. The van der Waals surface area contributed by atoms with Crippen molar-refractivity contribution >= 4 is 17.4 Å². The molecular formula is C13H21N3S. The molecule has 2 heterocycles. The van der Waals surface area contributed by atoms with Gasteiger partial charge in [-0.05, 0) is 18.6 Å². The fourth-order valence-corrected chi connectivity index (χ4v) is 3.24. The SMILES string of the molecule is CC1(C)CCN(c2cccnc2CN)CCS1. The van der Waals surface area contributed by atoms with Gasteiger partial charge in [-0.1, -0.05) is 13.8 Å². The predicted octanol–water partition coefficient (Wildman–Crippen LogP) is 2.26. The van der Waals surface area contributed by atoms with Gasteiger partial charge in [0, 0.05) is 36.3 Å². The monoisotopic (exact) mass is 251 g/mol. The van der Waals surface area contributed by atoms with Gasteiger partial charge in [-0.25, -0.2) is 0 Å². The molecule has 0 aliphatic carbocycles. The number of pyridine rings is 1. The highest BCUT2D eigenvalue weighted by Gasteiger charge is 2.24. The van der Waals surface area contributed by atoms with Crippen molar-refractivity contribution < 1.29 is 0 Å². The van der Waals surface area contributed by atoms with E-state index in [1.54, 1.807) is 0 Å². The number of rotatable bonds is 2. The average Bonchev–Trinajstić information content (AvgIpc) is 2.50. The van der Waals surface area contributed by atoms with Crippen molar-refractivity contribution in [1.82, 2.24) is 4.98 Å². The van der Waals surface area contributed by atoms with Gasteiger partial charge in [0.1, 0.15) is 0 Å². The molecule has 94 valence electrons. The standard InChI is InChI=1S/C13H21N3S/c1-13(2)5-7-16(8-9-17-13)12-4-3-6-15-11(12)10-14/h3-4,6H,5,7-10,14H2,1-2H3. The smallest absolute Gasteiger partial charge is 0.0772 e. The number of nitrogens with two attached hydrogens (primary N) is 1. The van der Waals surface area contributed by atoms with Gasteiger partial charge in [-0.2, -0.15) is 11.8 Å². The highest BCUT2D eigenvalue weighted by Crippen LogP contribution is 2.32. The molecule has 1 aromatic heterocycles. The van der Waals surface area contributed by atoms with Gasteiger partial charge in [0.25, 0.3) is 0 Å². The average molecular weight is 251 g/mol. The molecule has 1 fully saturated rings. The second-order valence-electron chi connectivity index (χ2n) is 5.02. The van der Waals surface area contributed by atoms with E-state index in [0.29, 0.717) is 11.3 Å². The number of thioether (sulfide) groups is 1. The van der Waals surface area contributed by atoms with E-state index >= 15 is 0 Å². The molecule has 0 bridgehead atoms. The zero-order valence-corrected chi connectivity index (χ0v) is 11.5. The molecule has 0 saturated carbocycles. The van der Waals surface area contributed by atoms with Crippen LogP contribution in [0.25, 0.3) is 0 Å². The third kappa shape index (κ3) is 3.13. The van der Waals surface area contributed by atoms with Gasteiger partial charge in [0.15, 0.2) is 0 Å². The van der Waals surface area contributed by atoms with Gasteiger partial charge < -0.3 is 10.6 Å². The molecule has 1 aliphatic rings. The van der Waals surface area contributed by atoms with Crippen molar-refractivity contribution in [3.05, 3.63) is 24.0 Å². The van der Waals surface area contributed by atoms with Crippen LogP contribution in [0.15, 0.2) is 18.3 Å². The molecule has 17 heavy (non-hydrogen) atoms. The molecule has 0 aromatic carbocycles. The fourth-order valence-electron chi connectivity index (χ4n) is 2.14. The third-order valence-electron chi connectivity index (χ3n) is 3.24. The van der Waals surface area contributed by atoms with Gasteiger partial charge in [0.05, 0.1) is 11.4 Å². The minimum Gasteiger partial charge on any atom is -0.369 e. The summed E-state index contributed by atoms with van der Waals surface area (Å²) in [5.74, 6) is 1.17. The van der Waals surface area contributed by atoms with Crippen LogP contribution in [0.2, 0.25) is 0 Å². The van der Waals surface area contributed by atoms with Crippen molar-refractivity contribution in [3.63, 3.8) is 0 Å². The van der Waals surface area contributed by atoms with Crippen molar-refractivity contribution in [2.45, 2.75) is 31.6 Å². The second-order valence-corrected chi connectivity index (χ2v) is 6.82. The van der Waals surface area contributed by atoms with E-state index in [-0.39, 0.29) is 0 Å². The minimum absolute atomic E-state index is 0.389. The summed E-state index contributed by atoms with van der Waals surface area (Å²) in [6, 6.07) is 4.13. The molecule has 3 nitrogen and oxygen atoms in total. The van der Waals surface area contributed by atoms with E-state index in [1.165, 1.54) is 17.9 Å². The van der Waals surface area contributed by atoms with Crippen LogP contribution in [0.3, 0.4) is 0 Å². The van der Waals surface area contributed by atoms with E-state index in [9.17, 15) is 0 Å². The Kier molecular flexibility index (Phi) is 3.94. The molecule has 0 radical (unpaired) electrons. The largest absolute Gasteiger partial charge is 0.369 e. The molecule has 4 heteroatoms. The van der Waals surface area contributed by atoms with E-state index in [2.05, 4.69) is 41.6 Å². The lowest BCUT2D eigenvalue weighted by atomic mass is 10.1. The van der Waals surface area contributed by atoms with Crippen LogP contribution in [0.4, 0.5) is 5.69 Å². The van der Waals surface area contributed by atoms with Crippen molar-refractivity contribution in [3.8, 4) is 0 Å². The fraction of sp³-hybridized carbons (Fsp3) is 0.615. The Morgan fingerprint density at radius 2 is 2.29 bits per heavy atom. The van der Waals surface area contributed by atoms with Crippen LogP contribution >= 0.6 is 11.8 Å². The lowest BCUT2D eigenvalue weighted by Crippen LogP contribution is -2.28. The molecule has 0 amide bonds. The predicted molar refractivity (Wildman–Crippen MR) is 75.5 cm³/mol. The lowest BCUT2D eigenvalue weighted by Gasteiger charge is -2.25. The van der Waals surface area contributed by atoms with Gasteiger partial charge >= 0.3 is 0 Å². The maximum absolute atomic E-state index is 5.76. The Morgan fingerprint density at radius 3 is 3.06 bits per heavy atom. The number of anilines is 1. The first kappa shape index (κ1) is 12.7. The van der Waals surface area contributed by atoms with E-state index in [4.69, 9.17) is 5.73 Å². The highest BCUT2D eigenvalue weighted by molar-refractivity contribution is 8.00. The molecule has 2 N–H and O–H groups in total. The van der Waals surface area contributed by atoms with Crippen molar-refractivity contribution in [2.24, 2.45) is 5.73 Å². The normalized spacial score (nSPS) is 20.1. The summed E-state index contributed by atoms with van der Waals surface area (Å²) in [6.45, 7) is 7.36. The zero-order valence-electron chi connectivity index (χ0n) is 10.6. The summed E-state index contributed by atoms with van der Waals surface area (Å²) in [5, 5.41) is 0. The molecule has 0 atom stereocenters. The maximum atomic E-state index is 5.76. The van der Waals surface area contributed by atoms with E-state index in [0.717, 1.165) is 18.8 Å². The Hall–Kier alpha value is -0.740. The first-order valence-corrected chi connectivity index (χ1v) is 7.14. The van der Waals surface area contributed by atoms with Gasteiger partial charge in [0.2, 0.25) is 0 Å². The van der Waals surface area contributed by atoms with E-state index in [1.807, 2.05) is 12.3 Å². The van der Waals surface area contributed by atoms with Gasteiger partial charge in [-0.3, -0.25) is 4.98 Å². The summed E-state index contributed by atoms with van der Waals surface area (Å²) < 4.78 is 0.389. The lowest BCUT2D eigenvalue weighted by molar-refractivity contribution is 0.636. The van der Waals surface area contributed by atoms with Crippen molar-refractivity contribution in [2.75, 3.05) is 23.7 Å². The van der Waals surface area contributed by atoms with Crippen LogP contribution in [0.1, 0.15) is 26.0 Å². The molecule has 0 unspecified atom stereocenters. The molecule has 2 rings (SSSR count).